The number of primary amides is 1. The molecule has 1 aromatic rings. The molecule has 3 N–H and O–H groups in total. The lowest BCUT2D eigenvalue weighted by molar-refractivity contribution is 0.1000. The van der Waals surface area contributed by atoms with Crippen molar-refractivity contribution in [3.05, 3.63) is 23.4 Å². The Morgan fingerprint density at radius 3 is 3.00 bits per heavy atom. The van der Waals surface area contributed by atoms with E-state index in [9.17, 15) is 4.79 Å². The molecule has 5 heteroatoms. The number of carbonyl (C=O) groups excluding carboxylic acids is 1. The van der Waals surface area contributed by atoms with E-state index < -0.39 is 5.91 Å². The Morgan fingerprint density at radius 1 is 1.67 bits per heavy atom. The zero-order valence-electron chi connectivity index (χ0n) is 8.91. The first kappa shape index (κ1) is 11.5. The number of ether oxygens (including phenoxy) is 1. The third-order valence-corrected chi connectivity index (χ3v) is 2.00. The Bertz CT molecular complexity index is 353. The van der Waals surface area contributed by atoms with Crippen LogP contribution >= 0.6 is 0 Å². The third kappa shape index (κ3) is 2.92. The number of aryl methyl sites for hydroxylation is 1. The van der Waals surface area contributed by atoms with Crippen LogP contribution in [0.5, 0.6) is 0 Å². The quantitative estimate of drug-likeness (QED) is 0.694. The van der Waals surface area contributed by atoms with Gasteiger partial charge in [-0.25, -0.2) is 4.98 Å². The fraction of sp³-hybridized carbons (Fsp3) is 0.400. The molecule has 0 aromatic carbocycles. The van der Waals surface area contributed by atoms with Crippen molar-refractivity contribution in [1.29, 1.82) is 0 Å². The number of aromatic nitrogens is 1. The molecule has 0 radical (unpaired) electrons. The van der Waals surface area contributed by atoms with Crippen LogP contribution in [0.1, 0.15) is 15.9 Å². The summed E-state index contributed by atoms with van der Waals surface area (Å²) in [5.74, 6) is 0.0417. The molecule has 82 valence electrons. The summed E-state index contributed by atoms with van der Waals surface area (Å²) < 4.78 is 4.89. The number of hydrogen-bond donors (Lipinski definition) is 2. The second-order valence-corrected chi connectivity index (χ2v) is 3.14. The molecule has 15 heavy (non-hydrogen) atoms. The van der Waals surface area contributed by atoms with Gasteiger partial charge in [-0.05, 0) is 18.6 Å². The van der Waals surface area contributed by atoms with Crippen LogP contribution in [0, 0.1) is 6.92 Å². The van der Waals surface area contributed by atoms with Crippen LogP contribution < -0.4 is 11.1 Å². The fourth-order valence-electron chi connectivity index (χ4n) is 1.27. The Hall–Kier alpha value is -1.62. The lowest BCUT2D eigenvalue weighted by atomic mass is 10.1. The smallest absolute Gasteiger partial charge is 0.252 e. The van der Waals surface area contributed by atoms with Gasteiger partial charge in [0.1, 0.15) is 5.82 Å². The van der Waals surface area contributed by atoms with Gasteiger partial charge in [0.15, 0.2) is 0 Å². The highest BCUT2D eigenvalue weighted by molar-refractivity contribution is 5.98. The highest BCUT2D eigenvalue weighted by atomic mass is 16.5. The maximum Gasteiger partial charge on any atom is 0.252 e. The van der Waals surface area contributed by atoms with Crippen molar-refractivity contribution in [2.24, 2.45) is 5.73 Å². The van der Waals surface area contributed by atoms with Gasteiger partial charge in [-0.2, -0.15) is 0 Å². The molecule has 1 aromatic heterocycles. The topological polar surface area (TPSA) is 77.2 Å². The van der Waals surface area contributed by atoms with Crippen molar-refractivity contribution in [3.8, 4) is 0 Å². The summed E-state index contributed by atoms with van der Waals surface area (Å²) in [5.41, 5.74) is 6.53. The molecule has 1 rings (SSSR count). The van der Waals surface area contributed by atoms with Gasteiger partial charge >= 0.3 is 0 Å². The summed E-state index contributed by atoms with van der Waals surface area (Å²) in [6.45, 7) is 2.96. The van der Waals surface area contributed by atoms with Gasteiger partial charge in [-0.1, -0.05) is 0 Å². The second-order valence-electron chi connectivity index (χ2n) is 3.14. The van der Waals surface area contributed by atoms with E-state index >= 15 is 0 Å². The van der Waals surface area contributed by atoms with Crippen molar-refractivity contribution in [2.45, 2.75) is 6.92 Å². The maximum absolute atomic E-state index is 11.2. The van der Waals surface area contributed by atoms with Gasteiger partial charge in [0.2, 0.25) is 0 Å². The van der Waals surface area contributed by atoms with E-state index in [2.05, 4.69) is 10.3 Å². The average molecular weight is 209 g/mol. The van der Waals surface area contributed by atoms with Gasteiger partial charge in [0.25, 0.3) is 5.91 Å². The summed E-state index contributed by atoms with van der Waals surface area (Å²) in [6, 6.07) is 1.75. The first-order valence-corrected chi connectivity index (χ1v) is 4.65. The van der Waals surface area contributed by atoms with Crippen molar-refractivity contribution in [2.75, 3.05) is 25.6 Å². The first-order valence-electron chi connectivity index (χ1n) is 4.65. The van der Waals surface area contributed by atoms with Crippen LogP contribution in [-0.2, 0) is 4.74 Å². The predicted octanol–water partition coefficient (Wildman–Crippen LogP) is 0.547. The molecule has 0 aliphatic rings. The molecule has 0 saturated carbocycles. The van der Waals surface area contributed by atoms with Crippen molar-refractivity contribution < 1.29 is 9.53 Å². The lowest BCUT2D eigenvalue weighted by Gasteiger charge is -2.10. The number of nitrogens with two attached hydrogens (primary N) is 1. The number of methoxy groups -OCH3 is 1. The van der Waals surface area contributed by atoms with E-state index in [1.165, 1.54) is 0 Å². The number of nitrogens with zero attached hydrogens (tertiary/aromatic N) is 1. The second kappa shape index (κ2) is 5.31. The number of carbonyl (C=O) groups is 1. The number of pyridine rings is 1. The Labute approximate surface area is 88.6 Å². The number of hydrogen-bond acceptors (Lipinski definition) is 4. The van der Waals surface area contributed by atoms with Gasteiger partial charge in [0, 0.05) is 19.9 Å². The highest BCUT2D eigenvalue weighted by Crippen LogP contribution is 2.15. The molecule has 0 saturated heterocycles. The molecule has 5 nitrogen and oxygen atoms in total. The molecular formula is C10H15N3O2. The minimum Gasteiger partial charge on any atom is -0.383 e. The van der Waals surface area contributed by atoms with Crippen LogP contribution in [0.15, 0.2) is 12.3 Å². The molecule has 0 aliphatic heterocycles. The highest BCUT2D eigenvalue weighted by Gasteiger charge is 2.11. The normalized spacial score (nSPS) is 10.0. The van der Waals surface area contributed by atoms with Crippen LogP contribution in [0.2, 0.25) is 0 Å². The molecule has 0 unspecified atom stereocenters. The summed E-state index contributed by atoms with van der Waals surface area (Å²) in [6.07, 6.45) is 1.64. The minimum absolute atomic E-state index is 0.439. The van der Waals surface area contributed by atoms with E-state index in [4.69, 9.17) is 10.5 Å². The van der Waals surface area contributed by atoms with Gasteiger partial charge < -0.3 is 15.8 Å². The largest absolute Gasteiger partial charge is 0.383 e. The molecular weight excluding hydrogens is 194 g/mol. The SMILES string of the molecule is COCCNc1nccc(C)c1C(N)=O. The number of anilines is 1. The van der Waals surface area contributed by atoms with Gasteiger partial charge in [0.05, 0.1) is 12.2 Å². The van der Waals surface area contributed by atoms with Crippen molar-refractivity contribution in [1.82, 2.24) is 4.98 Å². The zero-order chi connectivity index (χ0) is 11.3. The molecule has 1 heterocycles. The molecule has 0 atom stereocenters. The molecule has 0 fully saturated rings. The molecule has 0 bridgehead atoms. The fourth-order valence-corrected chi connectivity index (χ4v) is 1.27. The number of amides is 1. The van der Waals surface area contributed by atoms with E-state index in [0.29, 0.717) is 24.5 Å². The summed E-state index contributed by atoms with van der Waals surface area (Å²) in [7, 11) is 1.61. The third-order valence-electron chi connectivity index (χ3n) is 2.00. The van der Waals surface area contributed by atoms with E-state index in [1.54, 1.807) is 19.4 Å². The summed E-state index contributed by atoms with van der Waals surface area (Å²) >= 11 is 0. The monoisotopic (exact) mass is 209 g/mol. The molecule has 0 aliphatic carbocycles. The molecule has 0 spiro atoms. The van der Waals surface area contributed by atoms with Crippen LogP contribution in [-0.4, -0.2) is 31.2 Å². The van der Waals surface area contributed by atoms with E-state index in [0.717, 1.165) is 5.56 Å². The minimum atomic E-state index is -0.472. The summed E-state index contributed by atoms with van der Waals surface area (Å²) in [4.78, 5) is 15.3. The zero-order valence-corrected chi connectivity index (χ0v) is 8.91. The summed E-state index contributed by atoms with van der Waals surface area (Å²) in [5, 5.41) is 3.00. The standard InChI is InChI=1S/C10H15N3O2/c1-7-3-4-12-10(8(7)9(11)14)13-5-6-15-2/h3-4H,5-6H2,1-2H3,(H2,11,14)(H,12,13). The first-order chi connectivity index (χ1) is 7.16. The van der Waals surface area contributed by atoms with Gasteiger partial charge in [-0.3, -0.25) is 4.79 Å². The van der Waals surface area contributed by atoms with E-state index in [-0.39, 0.29) is 0 Å². The Kier molecular flexibility index (Phi) is 4.05. The van der Waals surface area contributed by atoms with Crippen LogP contribution in [0.3, 0.4) is 0 Å². The lowest BCUT2D eigenvalue weighted by Crippen LogP contribution is -2.18. The predicted molar refractivity (Wildman–Crippen MR) is 57.9 cm³/mol. The van der Waals surface area contributed by atoms with Crippen LogP contribution in [0.25, 0.3) is 0 Å². The van der Waals surface area contributed by atoms with Crippen LogP contribution in [0.4, 0.5) is 5.82 Å². The number of nitrogens with one attached hydrogen (secondary N) is 1. The number of rotatable bonds is 5. The maximum atomic E-state index is 11.2. The average Bonchev–Trinajstić information content (AvgIpc) is 2.17. The van der Waals surface area contributed by atoms with E-state index in [1.807, 2.05) is 6.92 Å². The van der Waals surface area contributed by atoms with Crippen molar-refractivity contribution >= 4 is 11.7 Å². The Balaban J connectivity index is 2.86. The van der Waals surface area contributed by atoms with Gasteiger partial charge in [-0.15, -0.1) is 0 Å². The molecule has 1 amide bonds. The Morgan fingerprint density at radius 2 is 2.40 bits per heavy atom. The van der Waals surface area contributed by atoms with Crippen molar-refractivity contribution in [3.63, 3.8) is 0 Å².